The second-order valence-corrected chi connectivity index (χ2v) is 8.36. The Bertz CT molecular complexity index is 956. The van der Waals surface area contributed by atoms with Crippen molar-refractivity contribution in [3.8, 4) is 0 Å². The minimum Gasteiger partial charge on any atom is -0.328 e. The first-order chi connectivity index (χ1) is 12.9. The Balaban J connectivity index is 1.57. The number of rotatable bonds is 6. The normalized spacial score (nSPS) is 10.7. The van der Waals surface area contributed by atoms with Gasteiger partial charge in [-0.3, -0.25) is 4.79 Å². The van der Waals surface area contributed by atoms with E-state index in [1.54, 1.807) is 18.2 Å². The SMILES string of the molecule is Cc1cc(C)c(NC(=O)CSc2nnc(Nc3ccccc3F)s2)c(Cl)c1. The van der Waals surface area contributed by atoms with Crippen LogP contribution in [0.5, 0.6) is 0 Å². The Labute approximate surface area is 169 Å². The van der Waals surface area contributed by atoms with Gasteiger partial charge in [-0.05, 0) is 43.2 Å². The number of amides is 1. The highest BCUT2D eigenvalue weighted by Crippen LogP contribution is 2.30. The molecule has 0 saturated carbocycles. The zero-order valence-electron chi connectivity index (χ0n) is 14.5. The molecule has 140 valence electrons. The minimum absolute atomic E-state index is 0.165. The monoisotopic (exact) mass is 422 g/mol. The fourth-order valence-corrected chi connectivity index (χ4v) is 4.31. The van der Waals surface area contributed by atoms with E-state index >= 15 is 0 Å². The number of anilines is 3. The van der Waals surface area contributed by atoms with Gasteiger partial charge in [-0.1, -0.05) is 52.9 Å². The quantitative estimate of drug-likeness (QED) is 0.519. The molecule has 1 aromatic heterocycles. The predicted molar refractivity (Wildman–Crippen MR) is 110 cm³/mol. The smallest absolute Gasteiger partial charge is 0.234 e. The lowest BCUT2D eigenvalue weighted by molar-refractivity contribution is -0.113. The number of nitrogens with one attached hydrogen (secondary N) is 2. The van der Waals surface area contributed by atoms with Crippen LogP contribution in [0.2, 0.25) is 5.02 Å². The molecule has 0 radical (unpaired) electrons. The molecule has 27 heavy (non-hydrogen) atoms. The summed E-state index contributed by atoms with van der Waals surface area (Å²) in [6.45, 7) is 3.84. The van der Waals surface area contributed by atoms with Crippen molar-refractivity contribution in [2.24, 2.45) is 0 Å². The molecule has 0 aliphatic heterocycles. The summed E-state index contributed by atoms with van der Waals surface area (Å²) in [5.74, 6) is -0.392. The molecule has 0 unspecified atom stereocenters. The fraction of sp³-hybridized carbons (Fsp3) is 0.167. The van der Waals surface area contributed by atoms with Crippen LogP contribution in [0.25, 0.3) is 0 Å². The second-order valence-electron chi connectivity index (χ2n) is 5.75. The van der Waals surface area contributed by atoms with Crippen LogP contribution in [0.15, 0.2) is 40.7 Å². The predicted octanol–water partition coefficient (Wildman–Crippen LogP) is 5.42. The van der Waals surface area contributed by atoms with Crippen LogP contribution in [0, 0.1) is 19.7 Å². The van der Waals surface area contributed by atoms with E-state index in [1.807, 2.05) is 26.0 Å². The van der Waals surface area contributed by atoms with Crippen molar-refractivity contribution < 1.29 is 9.18 Å². The van der Waals surface area contributed by atoms with Gasteiger partial charge in [0.2, 0.25) is 11.0 Å². The largest absolute Gasteiger partial charge is 0.328 e. The van der Waals surface area contributed by atoms with E-state index in [-0.39, 0.29) is 17.5 Å². The molecule has 2 N–H and O–H groups in total. The first kappa shape index (κ1) is 19.6. The van der Waals surface area contributed by atoms with Crippen LogP contribution in [0.4, 0.5) is 20.9 Å². The van der Waals surface area contributed by atoms with Crippen molar-refractivity contribution >= 4 is 57.1 Å². The molecule has 0 bridgehead atoms. The van der Waals surface area contributed by atoms with Gasteiger partial charge in [0.25, 0.3) is 0 Å². The van der Waals surface area contributed by atoms with Crippen LogP contribution < -0.4 is 10.6 Å². The van der Waals surface area contributed by atoms with Crippen molar-refractivity contribution in [3.63, 3.8) is 0 Å². The summed E-state index contributed by atoms with van der Waals surface area (Å²) in [4.78, 5) is 12.2. The maximum Gasteiger partial charge on any atom is 0.234 e. The second kappa shape index (κ2) is 8.69. The van der Waals surface area contributed by atoms with Gasteiger partial charge >= 0.3 is 0 Å². The topological polar surface area (TPSA) is 66.9 Å². The molecular weight excluding hydrogens is 407 g/mol. The summed E-state index contributed by atoms with van der Waals surface area (Å²) < 4.78 is 14.3. The van der Waals surface area contributed by atoms with E-state index in [9.17, 15) is 9.18 Å². The Morgan fingerprint density at radius 2 is 2.04 bits per heavy atom. The summed E-state index contributed by atoms with van der Waals surface area (Å²) >= 11 is 8.71. The first-order valence-electron chi connectivity index (χ1n) is 7.97. The number of hydrogen-bond acceptors (Lipinski definition) is 6. The number of nitrogens with zero attached hydrogens (tertiary/aromatic N) is 2. The highest BCUT2D eigenvalue weighted by Gasteiger charge is 2.12. The lowest BCUT2D eigenvalue weighted by Gasteiger charge is -2.11. The van der Waals surface area contributed by atoms with E-state index < -0.39 is 0 Å². The number of aryl methyl sites for hydroxylation is 2. The third kappa shape index (κ3) is 5.18. The maximum atomic E-state index is 13.7. The standard InChI is InChI=1S/C18H16ClFN4OS2/c1-10-7-11(2)16(12(19)8-10)22-15(25)9-26-18-24-23-17(27-18)21-14-6-4-3-5-13(14)20/h3-8H,9H2,1-2H3,(H,21,23)(H,22,25). The van der Waals surface area contributed by atoms with Gasteiger partial charge in [-0.15, -0.1) is 10.2 Å². The number of hydrogen-bond donors (Lipinski definition) is 2. The van der Waals surface area contributed by atoms with Crippen LogP contribution in [0.3, 0.4) is 0 Å². The van der Waals surface area contributed by atoms with Gasteiger partial charge in [0.1, 0.15) is 5.82 Å². The van der Waals surface area contributed by atoms with Gasteiger partial charge in [0.05, 0.1) is 22.2 Å². The van der Waals surface area contributed by atoms with Crippen LogP contribution in [-0.2, 0) is 4.79 Å². The zero-order chi connectivity index (χ0) is 19.4. The fourth-order valence-electron chi connectivity index (χ4n) is 2.37. The van der Waals surface area contributed by atoms with Crippen molar-refractivity contribution in [1.82, 2.24) is 10.2 Å². The lowest BCUT2D eigenvalue weighted by atomic mass is 10.1. The number of para-hydroxylation sites is 1. The number of benzene rings is 2. The molecule has 9 heteroatoms. The molecule has 1 amide bonds. The molecule has 1 heterocycles. The Hall–Kier alpha value is -2.16. The average Bonchev–Trinajstić information content (AvgIpc) is 3.06. The van der Waals surface area contributed by atoms with Gasteiger partial charge in [-0.25, -0.2) is 4.39 Å². The van der Waals surface area contributed by atoms with E-state index in [1.165, 1.54) is 29.2 Å². The zero-order valence-corrected chi connectivity index (χ0v) is 16.9. The van der Waals surface area contributed by atoms with Crippen molar-refractivity contribution in [2.45, 2.75) is 18.2 Å². The van der Waals surface area contributed by atoms with Gasteiger partial charge < -0.3 is 10.6 Å². The summed E-state index contributed by atoms with van der Waals surface area (Å²) in [5.41, 5.74) is 2.89. The lowest BCUT2D eigenvalue weighted by Crippen LogP contribution is -2.15. The molecule has 2 aromatic carbocycles. The molecule has 3 rings (SSSR count). The number of carbonyl (C=O) groups excluding carboxylic acids is 1. The van der Waals surface area contributed by atoms with Crippen molar-refractivity contribution in [2.75, 3.05) is 16.4 Å². The first-order valence-corrected chi connectivity index (χ1v) is 10.1. The van der Waals surface area contributed by atoms with Gasteiger partial charge in [0, 0.05) is 0 Å². The van der Waals surface area contributed by atoms with Crippen LogP contribution in [0.1, 0.15) is 11.1 Å². The molecular formula is C18H16ClFN4OS2. The van der Waals surface area contributed by atoms with E-state index in [2.05, 4.69) is 20.8 Å². The van der Waals surface area contributed by atoms with E-state index in [0.29, 0.717) is 25.9 Å². The average molecular weight is 423 g/mol. The summed E-state index contributed by atoms with van der Waals surface area (Å²) in [7, 11) is 0. The highest BCUT2D eigenvalue weighted by molar-refractivity contribution is 8.01. The van der Waals surface area contributed by atoms with Crippen LogP contribution in [-0.4, -0.2) is 21.9 Å². The Kier molecular flexibility index (Phi) is 6.30. The van der Waals surface area contributed by atoms with Crippen molar-refractivity contribution in [1.29, 1.82) is 0 Å². The Morgan fingerprint density at radius 3 is 2.78 bits per heavy atom. The van der Waals surface area contributed by atoms with E-state index in [0.717, 1.165) is 11.1 Å². The summed E-state index contributed by atoms with van der Waals surface area (Å²) in [5, 5.41) is 14.7. The maximum absolute atomic E-state index is 13.7. The summed E-state index contributed by atoms with van der Waals surface area (Å²) in [6, 6.07) is 10.1. The molecule has 0 fully saturated rings. The molecule has 0 aliphatic rings. The minimum atomic E-state index is -0.369. The number of halogens is 2. The van der Waals surface area contributed by atoms with Gasteiger partial charge in [0.15, 0.2) is 4.34 Å². The van der Waals surface area contributed by atoms with Crippen molar-refractivity contribution in [3.05, 3.63) is 58.4 Å². The number of thioether (sulfide) groups is 1. The summed E-state index contributed by atoms with van der Waals surface area (Å²) in [6.07, 6.45) is 0. The molecule has 0 aliphatic carbocycles. The number of aromatic nitrogens is 2. The molecule has 0 spiro atoms. The number of carbonyl (C=O) groups is 1. The third-order valence-corrected chi connectivity index (χ3v) is 5.81. The third-order valence-electron chi connectivity index (χ3n) is 3.54. The van der Waals surface area contributed by atoms with E-state index in [4.69, 9.17) is 11.6 Å². The van der Waals surface area contributed by atoms with Crippen LogP contribution >= 0.6 is 34.7 Å². The molecule has 0 atom stereocenters. The van der Waals surface area contributed by atoms with Gasteiger partial charge in [-0.2, -0.15) is 0 Å². The Morgan fingerprint density at radius 1 is 1.26 bits per heavy atom. The molecule has 5 nitrogen and oxygen atoms in total. The molecule has 3 aromatic rings. The highest BCUT2D eigenvalue weighted by atomic mass is 35.5. The molecule has 0 saturated heterocycles.